The van der Waals surface area contributed by atoms with Crippen molar-refractivity contribution in [1.82, 2.24) is 0 Å². The fourth-order valence-corrected chi connectivity index (χ4v) is 3.57. The molecule has 0 saturated carbocycles. The van der Waals surface area contributed by atoms with Crippen molar-refractivity contribution in [3.8, 4) is 0 Å². The quantitative estimate of drug-likeness (QED) is 0.365. The first-order valence-corrected chi connectivity index (χ1v) is 9.38. The fourth-order valence-electron chi connectivity index (χ4n) is 3.57. The van der Waals surface area contributed by atoms with Gasteiger partial charge in [0.15, 0.2) is 5.22 Å². The highest BCUT2D eigenvalue weighted by Crippen LogP contribution is 2.36. The number of hydrogen-bond acceptors (Lipinski definition) is 5. The lowest BCUT2D eigenvalue weighted by Crippen LogP contribution is -2.32. The van der Waals surface area contributed by atoms with E-state index >= 15 is 0 Å². The van der Waals surface area contributed by atoms with Crippen molar-refractivity contribution in [2.24, 2.45) is 27.3 Å². The van der Waals surface area contributed by atoms with Gasteiger partial charge in [0.2, 0.25) is 6.20 Å². The van der Waals surface area contributed by atoms with Crippen molar-refractivity contribution in [2.45, 2.75) is 32.5 Å². The number of ether oxygens (including phenoxy) is 1. The van der Waals surface area contributed by atoms with Crippen LogP contribution in [0.1, 0.15) is 31.4 Å². The molecule has 0 radical (unpaired) electrons. The molecule has 160 valence electrons. The van der Waals surface area contributed by atoms with Crippen LogP contribution in [0, 0.1) is 16.7 Å². The van der Waals surface area contributed by atoms with Gasteiger partial charge >= 0.3 is 6.18 Å². The summed E-state index contributed by atoms with van der Waals surface area (Å²) in [5.41, 5.74) is 1.14. The molecule has 7 nitrogen and oxygen atoms in total. The average molecular weight is 423 g/mol. The number of hydrogen-bond donors (Lipinski definition) is 0. The predicted octanol–water partition coefficient (Wildman–Crippen LogP) is 5.04. The van der Waals surface area contributed by atoms with Gasteiger partial charge in [0.1, 0.15) is 11.5 Å². The molecule has 3 unspecified atom stereocenters. The average Bonchev–Trinajstić information content (AvgIpc) is 3.13. The van der Waals surface area contributed by atoms with Crippen molar-refractivity contribution in [1.29, 1.82) is 0 Å². The van der Waals surface area contributed by atoms with E-state index in [4.69, 9.17) is 9.57 Å². The lowest BCUT2D eigenvalue weighted by molar-refractivity contribution is -0.502. The molecule has 0 fully saturated rings. The van der Waals surface area contributed by atoms with Gasteiger partial charge < -0.3 is 9.57 Å². The molecule has 0 amide bonds. The highest BCUT2D eigenvalue weighted by Gasteiger charge is 2.36. The zero-order chi connectivity index (χ0) is 21.9. The molecular weight excluding hydrogens is 401 g/mol. The van der Waals surface area contributed by atoms with Gasteiger partial charge in [0.25, 0.3) is 5.70 Å². The molecule has 1 aromatic rings. The molecule has 2 aliphatic rings. The number of nitrogens with zero attached hydrogens (tertiary/aromatic N) is 4. The van der Waals surface area contributed by atoms with E-state index in [0.717, 1.165) is 17.7 Å². The molecule has 0 saturated heterocycles. The Kier molecular flexibility index (Phi) is 6.45. The maximum atomic E-state index is 12.9. The Morgan fingerprint density at radius 3 is 2.77 bits per heavy atom. The number of allylic oxidation sites excluding steroid dienone is 1. The highest BCUT2D eigenvalue weighted by atomic mass is 19.4. The van der Waals surface area contributed by atoms with E-state index in [1.807, 2.05) is 13.0 Å². The molecule has 0 spiro atoms. The molecule has 1 heterocycles. The molecule has 0 N–H and O–H groups in total. The predicted molar refractivity (Wildman–Crippen MR) is 102 cm³/mol. The summed E-state index contributed by atoms with van der Waals surface area (Å²) in [5, 5.41) is 11.0. The zero-order valence-corrected chi connectivity index (χ0v) is 16.8. The number of methoxy groups -OCH3 is 1. The summed E-state index contributed by atoms with van der Waals surface area (Å²) in [7, 11) is 1.56. The Labute approximate surface area is 171 Å². The second-order valence-corrected chi connectivity index (χ2v) is 7.26. The van der Waals surface area contributed by atoms with Gasteiger partial charge in [-0.15, -0.1) is 0 Å². The first-order chi connectivity index (χ1) is 14.2. The Morgan fingerprint density at radius 2 is 2.13 bits per heavy atom. The van der Waals surface area contributed by atoms with E-state index in [2.05, 4.69) is 15.5 Å². The van der Waals surface area contributed by atoms with Crippen molar-refractivity contribution in [2.75, 3.05) is 13.7 Å². The van der Waals surface area contributed by atoms with E-state index in [-0.39, 0.29) is 24.5 Å². The zero-order valence-electron chi connectivity index (χ0n) is 16.8. The van der Waals surface area contributed by atoms with Gasteiger partial charge in [-0.1, -0.05) is 24.2 Å². The third kappa shape index (κ3) is 4.81. The van der Waals surface area contributed by atoms with Gasteiger partial charge in [-0.2, -0.15) is 13.2 Å². The fraction of sp³-hybridized carbons (Fsp3) is 0.450. The first-order valence-electron chi connectivity index (χ1n) is 9.38. The minimum absolute atomic E-state index is 0.0391. The minimum atomic E-state index is -4.42. The molecule has 10 heteroatoms. The normalized spacial score (nSPS) is 24.7. The summed E-state index contributed by atoms with van der Waals surface area (Å²) in [6.07, 6.45) is -0.774. The second kappa shape index (κ2) is 8.86. The summed E-state index contributed by atoms with van der Waals surface area (Å²) < 4.78 is 44.2. The standard InChI is InChI=1S/C20H22F3N4O3/c1-12-7-15(19(29-3)9-17(12)18-10-24-26-27(18)28)11-30-25-13(2)14-5-4-6-16(8-14)20(21,22)23/h4-6,8-10,12,15,19H,7,11H2,1-3H3/q+1. The van der Waals surface area contributed by atoms with Gasteiger partial charge in [0, 0.05) is 18.6 Å². The summed E-state index contributed by atoms with van der Waals surface area (Å²) >= 11 is 0. The third-order valence-electron chi connectivity index (χ3n) is 5.18. The minimum Gasteiger partial charge on any atom is -0.395 e. The summed E-state index contributed by atoms with van der Waals surface area (Å²) in [6.45, 7) is 3.79. The van der Waals surface area contributed by atoms with Crippen LogP contribution in [0.25, 0.3) is 0 Å². The first kappa shape index (κ1) is 21.8. The van der Waals surface area contributed by atoms with E-state index in [9.17, 15) is 18.1 Å². The van der Waals surface area contributed by atoms with Gasteiger partial charge in [-0.05, 0) is 47.9 Å². The molecule has 30 heavy (non-hydrogen) atoms. The number of oxime groups is 1. The van der Waals surface area contributed by atoms with Crippen LogP contribution in [0.15, 0.2) is 63.3 Å². The smallest absolute Gasteiger partial charge is 0.395 e. The molecule has 1 aromatic carbocycles. The summed E-state index contributed by atoms with van der Waals surface area (Å²) in [6, 6.07) is 4.94. The van der Waals surface area contributed by atoms with E-state index in [0.29, 0.717) is 28.3 Å². The van der Waals surface area contributed by atoms with Crippen LogP contribution in [0.4, 0.5) is 13.2 Å². The van der Waals surface area contributed by atoms with E-state index in [1.54, 1.807) is 20.1 Å². The van der Waals surface area contributed by atoms with E-state index < -0.39 is 11.7 Å². The van der Waals surface area contributed by atoms with Crippen LogP contribution in [0.2, 0.25) is 0 Å². The lowest BCUT2D eigenvalue weighted by Gasteiger charge is -2.31. The molecule has 1 aliphatic heterocycles. The Bertz CT molecular complexity index is 937. The maximum Gasteiger partial charge on any atom is 0.416 e. The highest BCUT2D eigenvalue weighted by molar-refractivity contribution is 5.98. The topological polar surface area (TPSA) is 75.6 Å². The molecule has 3 atom stereocenters. The molecule has 3 rings (SSSR count). The molecular formula is C20H22F3N4O3+. The number of benzene rings is 1. The number of alkyl halides is 3. The Balaban J connectivity index is 1.67. The summed E-state index contributed by atoms with van der Waals surface area (Å²) in [4.78, 5) is 17.7. The van der Waals surface area contributed by atoms with Crippen molar-refractivity contribution >= 4 is 5.71 Å². The van der Waals surface area contributed by atoms with E-state index in [1.165, 1.54) is 12.3 Å². The van der Waals surface area contributed by atoms with Crippen LogP contribution in [0.5, 0.6) is 0 Å². The van der Waals surface area contributed by atoms with Gasteiger partial charge in [-0.3, -0.25) is 0 Å². The van der Waals surface area contributed by atoms with Crippen LogP contribution in [0.3, 0.4) is 0 Å². The Hall–Kier alpha value is -2.88. The number of rotatable bonds is 6. The van der Waals surface area contributed by atoms with Crippen LogP contribution in [-0.4, -0.2) is 30.4 Å². The SMILES string of the molecule is COC1C=C(C2=CN=N[N+]2=O)C(C)CC1CON=C(C)c1cccc(C(F)(F)F)c1. The van der Waals surface area contributed by atoms with Crippen LogP contribution < -0.4 is 0 Å². The van der Waals surface area contributed by atoms with Crippen LogP contribution >= 0.6 is 0 Å². The van der Waals surface area contributed by atoms with Crippen molar-refractivity contribution < 1.29 is 27.6 Å². The van der Waals surface area contributed by atoms with Gasteiger partial charge in [-0.25, -0.2) is 0 Å². The largest absolute Gasteiger partial charge is 0.416 e. The van der Waals surface area contributed by atoms with Crippen molar-refractivity contribution in [3.63, 3.8) is 0 Å². The molecule has 0 aromatic heterocycles. The van der Waals surface area contributed by atoms with Crippen LogP contribution in [-0.2, 0) is 15.8 Å². The molecule has 1 aliphatic carbocycles. The Morgan fingerprint density at radius 1 is 1.37 bits per heavy atom. The van der Waals surface area contributed by atoms with Gasteiger partial charge in [0.05, 0.1) is 22.5 Å². The second-order valence-electron chi connectivity index (χ2n) is 7.26. The number of nitroso groups, excluding NO2 is 1. The summed E-state index contributed by atoms with van der Waals surface area (Å²) in [5.74, 6) is 0.00698. The number of halogens is 3. The molecule has 0 bridgehead atoms. The third-order valence-corrected chi connectivity index (χ3v) is 5.18. The van der Waals surface area contributed by atoms with Crippen molar-refractivity contribution in [3.05, 3.63) is 63.8 Å². The monoisotopic (exact) mass is 423 g/mol. The maximum absolute atomic E-state index is 12.9. The lowest BCUT2D eigenvalue weighted by atomic mass is 9.79.